The summed E-state index contributed by atoms with van der Waals surface area (Å²) in [7, 11) is 0. The standard InChI is InChI=1S/C24H19ClN5O6PS2/c25-13-6-8-14(9-7-13)39-24-27-17-20(30(24)22-18(31)19-16(35-22)11-34-37(33,38)36-19)28-23-26-15(10-29(23)21(17)32)12-4-2-1-3-5-12/h1-10,16,18-19,22,31H,11H2,(H,26,28)(H,33,38)/t16-,18-,19-,22-,37?/m1/s1. The molecule has 1 unspecified atom stereocenters. The van der Waals surface area contributed by atoms with Gasteiger partial charge in [-0.05, 0) is 41.6 Å². The maximum atomic E-state index is 13.6. The van der Waals surface area contributed by atoms with Crippen molar-refractivity contribution >= 4 is 58.8 Å². The Morgan fingerprint density at radius 1 is 1.15 bits per heavy atom. The SMILES string of the molecule is O=c1c2nc(Sc3ccc(Cl)cc3)n([C@@H]3O[C@@H]4COP(O)(=S)O[C@H]4[C@H]3O)c2nc2[nH]c(-c3ccccc3)cn12. The lowest BCUT2D eigenvalue weighted by molar-refractivity contribution is -0.0619. The van der Waals surface area contributed by atoms with Crippen molar-refractivity contribution in [3.8, 4) is 11.3 Å². The van der Waals surface area contributed by atoms with Crippen molar-refractivity contribution in [1.82, 2.24) is 23.9 Å². The third-order valence-electron chi connectivity index (χ3n) is 6.55. The van der Waals surface area contributed by atoms with Gasteiger partial charge in [-0.2, -0.15) is 4.98 Å². The van der Waals surface area contributed by atoms with Gasteiger partial charge >= 0.3 is 6.72 Å². The number of aromatic amines is 1. The Labute approximate surface area is 234 Å². The number of halogens is 1. The fourth-order valence-corrected chi connectivity index (χ4v) is 7.21. The average Bonchev–Trinajstić information content (AvgIpc) is 3.60. The van der Waals surface area contributed by atoms with Gasteiger partial charge in [-0.15, -0.1) is 0 Å². The number of nitrogens with one attached hydrogen (secondary N) is 1. The van der Waals surface area contributed by atoms with Crippen LogP contribution in [0.5, 0.6) is 0 Å². The van der Waals surface area contributed by atoms with Crippen LogP contribution in [0.3, 0.4) is 0 Å². The number of rotatable bonds is 4. The summed E-state index contributed by atoms with van der Waals surface area (Å²) in [6.45, 7) is -3.55. The van der Waals surface area contributed by atoms with Crippen molar-refractivity contribution in [2.24, 2.45) is 0 Å². The molecule has 2 aliphatic heterocycles. The van der Waals surface area contributed by atoms with Gasteiger partial charge in [0, 0.05) is 16.1 Å². The predicted octanol–water partition coefficient (Wildman–Crippen LogP) is 3.73. The van der Waals surface area contributed by atoms with Crippen molar-refractivity contribution in [3.05, 3.63) is 76.2 Å². The molecule has 11 nitrogen and oxygen atoms in total. The molecule has 0 amide bonds. The molecule has 0 radical (unpaired) electrons. The number of imidazole rings is 2. The van der Waals surface area contributed by atoms with E-state index in [1.807, 2.05) is 42.5 Å². The summed E-state index contributed by atoms with van der Waals surface area (Å²) >= 11 is 12.3. The molecule has 2 fully saturated rings. The average molecular weight is 604 g/mol. The van der Waals surface area contributed by atoms with Gasteiger partial charge in [0.25, 0.3) is 5.56 Å². The highest BCUT2D eigenvalue weighted by atomic mass is 35.5. The van der Waals surface area contributed by atoms with Crippen molar-refractivity contribution in [2.75, 3.05) is 6.61 Å². The summed E-state index contributed by atoms with van der Waals surface area (Å²) in [5, 5.41) is 12.2. The molecule has 0 saturated carbocycles. The molecular formula is C24H19ClN5O6PS2. The summed E-state index contributed by atoms with van der Waals surface area (Å²) in [5.74, 6) is 0.297. The van der Waals surface area contributed by atoms with E-state index >= 15 is 0 Å². The van der Waals surface area contributed by atoms with Crippen LogP contribution in [-0.2, 0) is 25.6 Å². The van der Waals surface area contributed by atoms with Crippen molar-refractivity contribution in [2.45, 2.75) is 34.6 Å². The molecule has 5 aromatic rings. The zero-order valence-corrected chi connectivity index (χ0v) is 23.0. The summed E-state index contributed by atoms with van der Waals surface area (Å²) in [5.41, 5.74) is 1.51. The Kier molecular flexibility index (Phi) is 6.19. The van der Waals surface area contributed by atoms with E-state index in [1.165, 1.54) is 16.2 Å². The van der Waals surface area contributed by atoms with Crippen molar-refractivity contribution < 1.29 is 23.8 Å². The molecule has 15 heteroatoms. The van der Waals surface area contributed by atoms with Gasteiger partial charge in [0.1, 0.15) is 18.3 Å². The van der Waals surface area contributed by atoms with Gasteiger partial charge in [0.2, 0.25) is 5.78 Å². The predicted molar refractivity (Wildman–Crippen MR) is 147 cm³/mol. The third-order valence-corrected chi connectivity index (χ3v) is 9.34. The minimum absolute atomic E-state index is 0.0459. The normalized spacial score (nSPS) is 26.8. The maximum absolute atomic E-state index is 13.6. The van der Waals surface area contributed by atoms with Crippen LogP contribution in [0.1, 0.15) is 6.23 Å². The van der Waals surface area contributed by atoms with Crippen LogP contribution < -0.4 is 5.56 Å². The van der Waals surface area contributed by atoms with Gasteiger partial charge in [-0.25, -0.2) is 9.38 Å². The van der Waals surface area contributed by atoms with E-state index in [1.54, 1.807) is 22.9 Å². The lowest BCUT2D eigenvalue weighted by Crippen LogP contribution is -2.39. The number of aromatic nitrogens is 5. The minimum Gasteiger partial charge on any atom is -0.386 e. The largest absolute Gasteiger partial charge is 0.386 e. The molecule has 7 rings (SSSR count). The number of hydrogen-bond donors (Lipinski definition) is 3. The van der Waals surface area contributed by atoms with E-state index in [0.717, 1.165) is 10.5 Å². The van der Waals surface area contributed by atoms with Crippen LogP contribution in [0, 0.1) is 0 Å². The lowest BCUT2D eigenvalue weighted by atomic mass is 10.1. The molecule has 2 aliphatic rings. The Morgan fingerprint density at radius 3 is 2.69 bits per heavy atom. The topological polar surface area (TPSA) is 136 Å². The molecule has 3 aromatic heterocycles. The van der Waals surface area contributed by atoms with Crippen LogP contribution in [0.15, 0.2) is 75.6 Å². The monoisotopic (exact) mass is 603 g/mol. The van der Waals surface area contributed by atoms with Crippen molar-refractivity contribution in [3.63, 3.8) is 0 Å². The number of hydrogen-bond acceptors (Lipinski definition) is 9. The first-order chi connectivity index (χ1) is 18.8. The fraction of sp³-hybridized carbons (Fsp3) is 0.208. The molecule has 2 saturated heterocycles. The van der Waals surface area contributed by atoms with Crippen LogP contribution in [0.25, 0.3) is 28.2 Å². The summed E-state index contributed by atoms with van der Waals surface area (Å²) in [6, 6.07) is 16.7. The number of fused-ring (bicyclic) bond motifs is 3. The van der Waals surface area contributed by atoms with Crippen LogP contribution in [0.2, 0.25) is 5.02 Å². The number of ether oxygens (including phenoxy) is 1. The number of benzene rings is 2. The molecule has 0 aliphatic carbocycles. The second-order valence-electron chi connectivity index (χ2n) is 9.03. The number of H-pyrrole nitrogens is 1. The summed E-state index contributed by atoms with van der Waals surface area (Å²) in [4.78, 5) is 37.2. The second-order valence-corrected chi connectivity index (χ2v) is 13.3. The van der Waals surface area contributed by atoms with Gasteiger partial charge < -0.3 is 24.2 Å². The molecule has 3 N–H and O–H groups in total. The quantitative estimate of drug-likeness (QED) is 0.261. The van der Waals surface area contributed by atoms with Gasteiger partial charge in [-0.1, -0.05) is 53.7 Å². The Bertz CT molecular complexity index is 1830. The van der Waals surface area contributed by atoms with Crippen molar-refractivity contribution in [1.29, 1.82) is 0 Å². The minimum atomic E-state index is -3.51. The Hall–Kier alpha value is -2.58. The molecule has 2 aromatic carbocycles. The fourth-order valence-electron chi connectivity index (χ4n) is 4.73. The van der Waals surface area contributed by atoms with E-state index < -0.39 is 31.3 Å². The highest BCUT2D eigenvalue weighted by Crippen LogP contribution is 2.53. The molecule has 5 heterocycles. The zero-order chi connectivity index (χ0) is 26.9. The Morgan fingerprint density at radius 2 is 1.92 bits per heavy atom. The van der Waals surface area contributed by atoms with Crippen LogP contribution in [-0.4, -0.2) is 58.8 Å². The molecule has 200 valence electrons. The third kappa shape index (κ3) is 4.44. The van der Waals surface area contributed by atoms with Gasteiger partial charge in [0.05, 0.1) is 12.3 Å². The molecule has 0 spiro atoms. The first kappa shape index (κ1) is 25.4. The first-order valence-corrected chi connectivity index (χ1v) is 15.6. The number of nitrogens with zero attached hydrogens (tertiary/aromatic N) is 4. The van der Waals surface area contributed by atoms with E-state index in [4.69, 9.17) is 42.2 Å². The van der Waals surface area contributed by atoms with E-state index in [-0.39, 0.29) is 23.3 Å². The van der Waals surface area contributed by atoms with Gasteiger partial charge in [-0.3, -0.25) is 13.9 Å². The highest BCUT2D eigenvalue weighted by molar-refractivity contribution is 8.07. The molecule has 0 bridgehead atoms. The maximum Gasteiger partial charge on any atom is 0.325 e. The van der Waals surface area contributed by atoms with Crippen LogP contribution >= 0.6 is 30.1 Å². The summed E-state index contributed by atoms with van der Waals surface area (Å²) < 4.78 is 19.9. The molecular weight excluding hydrogens is 585 g/mol. The van der Waals surface area contributed by atoms with Crippen LogP contribution in [0.4, 0.5) is 0 Å². The van der Waals surface area contributed by atoms with E-state index in [2.05, 4.69) is 9.97 Å². The molecule has 5 atom stereocenters. The number of aliphatic hydroxyl groups is 1. The second kappa shape index (κ2) is 9.51. The first-order valence-electron chi connectivity index (χ1n) is 11.8. The smallest absolute Gasteiger partial charge is 0.325 e. The molecule has 39 heavy (non-hydrogen) atoms. The Balaban J connectivity index is 1.39. The highest BCUT2D eigenvalue weighted by Gasteiger charge is 2.52. The number of aliphatic hydroxyl groups excluding tert-OH is 1. The van der Waals surface area contributed by atoms with E-state index in [0.29, 0.717) is 21.7 Å². The lowest BCUT2D eigenvalue weighted by Gasteiger charge is -2.30. The van der Waals surface area contributed by atoms with E-state index in [9.17, 15) is 14.8 Å². The van der Waals surface area contributed by atoms with Gasteiger partial charge in [0.15, 0.2) is 22.5 Å². The zero-order valence-electron chi connectivity index (χ0n) is 19.7. The summed E-state index contributed by atoms with van der Waals surface area (Å²) in [6.07, 6.45) is -2.24.